The highest BCUT2D eigenvalue weighted by Crippen LogP contribution is 2.25. The predicted octanol–water partition coefficient (Wildman–Crippen LogP) is 3.73. The van der Waals surface area contributed by atoms with E-state index < -0.39 is 0 Å². The molecule has 1 atom stereocenters. The van der Waals surface area contributed by atoms with Gasteiger partial charge in [-0.1, -0.05) is 24.3 Å². The van der Waals surface area contributed by atoms with Crippen LogP contribution in [0, 0.1) is 0 Å². The van der Waals surface area contributed by atoms with E-state index in [0.717, 1.165) is 51.6 Å². The minimum atomic E-state index is 0.665. The number of benzene rings is 2. The van der Waals surface area contributed by atoms with Gasteiger partial charge in [0.1, 0.15) is 5.75 Å². The van der Waals surface area contributed by atoms with Gasteiger partial charge in [0, 0.05) is 69.0 Å². The van der Waals surface area contributed by atoms with Crippen LogP contribution >= 0.6 is 0 Å². The van der Waals surface area contributed by atoms with Crippen molar-refractivity contribution in [1.82, 2.24) is 19.6 Å². The van der Waals surface area contributed by atoms with Gasteiger partial charge in [-0.3, -0.25) is 14.5 Å². The lowest BCUT2D eigenvalue weighted by Crippen LogP contribution is -2.55. The summed E-state index contributed by atoms with van der Waals surface area (Å²) in [5.74, 6) is 0.932. The number of methoxy groups -OCH3 is 1. The minimum absolute atomic E-state index is 0.665. The number of nitrogens with zero attached hydrogens (tertiary/aromatic N) is 5. The van der Waals surface area contributed by atoms with E-state index in [4.69, 9.17) is 4.74 Å². The first-order valence-corrected chi connectivity index (χ1v) is 12.2. The van der Waals surface area contributed by atoms with Gasteiger partial charge in [0.25, 0.3) is 0 Å². The van der Waals surface area contributed by atoms with Crippen molar-refractivity contribution >= 4 is 5.69 Å². The fraction of sp³-hybridized carbons (Fsp3) is 0.444. The van der Waals surface area contributed by atoms with Gasteiger partial charge in [-0.2, -0.15) is 5.10 Å². The maximum absolute atomic E-state index is 5.61. The number of ether oxygens (including phenoxy) is 1. The van der Waals surface area contributed by atoms with Crippen molar-refractivity contribution in [2.45, 2.75) is 32.0 Å². The standard InChI is InChI=1S/C27H35N5O/c1-33-27-11-10-23(19-24(27)21-32-14-6-12-28-32)20-29-13-5-9-26(22-29)31-17-15-30(16-18-31)25-7-3-2-4-8-25/h2-4,6-8,10-12,14,19,26H,5,9,13,15-18,20-22H2,1H3. The molecule has 2 saturated heterocycles. The number of piperazine rings is 1. The van der Waals surface area contributed by atoms with Crippen LogP contribution in [0.25, 0.3) is 0 Å². The van der Waals surface area contributed by atoms with Crippen LogP contribution in [0.15, 0.2) is 67.0 Å². The first-order chi connectivity index (χ1) is 16.3. The van der Waals surface area contributed by atoms with Crippen molar-refractivity contribution in [3.63, 3.8) is 0 Å². The van der Waals surface area contributed by atoms with Crippen LogP contribution < -0.4 is 9.64 Å². The Bertz CT molecular complexity index is 999. The van der Waals surface area contributed by atoms with E-state index in [0.29, 0.717) is 6.04 Å². The average molecular weight is 446 g/mol. The second-order valence-electron chi connectivity index (χ2n) is 9.24. The van der Waals surface area contributed by atoms with Gasteiger partial charge in [-0.15, -0.1) is 0 Å². The van der Waals surface area contributed by atoms with Crippen molar-refractivity contribution in [2.24, 2.45) is 0 Å². The molecule has 1 aromatic heterocycles. The third-order valence-corrected chi connectivity index (χ3v) is 7.08. The summed E-state index contributed by atoms with van der Waals surface area (Å²) in [4.78, 5) is 7.88. The molecule has 0 radical (unpaired) electrons. The van der Waals surface area contributed by atoms with E-state index in [1.165, 1.54) is 36.2 Å². The zero-order valence-electron chi connectivity index (χ0n) is 19.6. The topological polar surface area (TPSA) is 36.8 Å². The molecule has 5 rings (SSSR count). The molecule has 0 N–H and O–H groups in total. The molecule has 0 spiro atoms. The number of para-hydroxylation sites is 1. The number of anilines is 1. The summed E-state index contributed by atoms with van der Waals surface area (Å²) in [6.45, 7) is 8.63. The molecule has 2 aliphatic heterocycles. The fourth-order valence-corrected chi connectivity index (χ4v) is 5.34. The van der Waals surface area contributed by atoms with Crippen LogP contribution in [-0.2, 0) is 13.1 Å². The molecule has 3 aromatic rings. The first kappa shape index (κ1) is 22.0. The Balaban J connectivity index is 1.18. The van der Waals surface area contributed by atoms with Gasteiger partial charge < -0.3 is 9.64 Å². The van der Waals surface area contributed by atoms with E-state index >= 15 is 0 Å². The molecule has 0 saturated carbocycles. The average Bonchev–Trinajstić information content (AvgIpc) is 3.38. The molecule has 0 bridgehead atoms. The zero-order valence-corrected chi connectivity index (χ0v) is 19.6. The van der Waals surface area contributed by atoms with Crippen molar-refractivity contribution in [3.8, 4) is 5.75 Å². The zero-order chi connectivity index (χ0) is 22.5. The summed E-state index contributed by atoms with van der Waals surface area (Å²) in [5, 5.41) is 4.36. The minimum Gasteiger partial charge on any atom is -0.496 e. The molecule has 174 valence electrons. The van der Waals surface area contributed by atoms with Crippen LogP contribution in [-0.4, -0.2) is 72.0 Å². The fourth-order valence-electron chi connectivity index (χ4n) is 5.34. The van der Waals surface area contributed by atoms with Crippen molar-refractivity contribution in [1.29, 1.82) is 0 Å². The maximum Gasteiger partial charge on any atom is 0.123 e. The Morgan fingerprint density at radius 3 is 2.55 bits per heavy atom. The van der Waals surface area contributed by atoms with Gasteiger partial charge in [-0.05, 0) is 55.3 Å². The normalized spacial score (nSPS) is 20.2. The molecule has 2 fully saturated rings. The lowest BCUT2D eigenvalue weighted by atomic mass is 10.0. The third-order valence-electron chi connectivity index (χ3n) is 7.08. The molecule has 6 nitrogen and oxygen atoms in total. The van der Waals surface area contributed by atoms with E-state index in [9.17, 15) is 0 Å². The van der Waals surface area contributed by atoms with E-state index in [1.54, 1.807) is 7.11 Å². The summed E-state index contributed by atoms with van der Waals surface area (Å²) < 4.78 is 7.56. The predicted molar refractivity (Wildman–Crippen MR) is 133 cm³/mol. The summed E-state index contributed by atoms with van der Waals surface area (Å²) in [5.41, 5.74) is 3.89. The van der Waals surface area contributed by atoms with Gasteiger partial charge in [0.2, 0.25) is 0 Å². The Kier molecular flexibility index (Phi) is 6.93. The molecular formula is C27H35N5O. The lowest BCUT2D eigenvalue weighted by molar-refractivity contribution is 0.0887. The highest BCUT2D eigenvalue weighted by Gasteiger charge is 2.28. The lowest BCUT2D eigenvalue weighted by Gasteiger charge is -2.44. The molecule has 6 heteroatoms. The molecule has 33 heavy (non-hydrogen) atoms. The van der Waals surface area contributed by atoms with Crippen molar-refractivity contribution < 1.29 is 4.74 Å². The molecule has 3 heterocycles. The summed E-state index contributed by atoms with van der Waals surface area (Å²) in [7, 11) is 1.74. The number of aromatic nitrogens is 2. The molecular weight excluding hydrogens is 410 g/mol. The monoisotopic (exact) mass is 445 g/mol. The van der Waals surface area contributed by atoms with Gasteiger partial charge in [0.05, 0.1) is 13.7 Å². The van der Waals surface area contributed by atoms with E-state index in [1.807, 2.05) is 23.1 Å². The Hall–Kier alpha value is -2.83. The van der Waals surface area contributed by atoms with Crippen LogP contribution in [0.3, 0.4) is 0 Å². The molecule has 1 unspecified atom stereocenters. The second kappa shape index (κ2) is 10.4. The highest BCUT2D eigenvalue weighted by molar-refractivity contribution is 5.46. The molecule has 0 aliphatic carbocycles. The third kappa shape index (κ3) is 5.40. The number of rotatable bonds is 7. The summed E-state index contributed by atoms with van der Waals surface area (Å²) in [6, 6.07) is 20.1. The Morgan fingerprint density at radius 1 is 0.939 bits per heavy atom. The van der Waals surface area contributed by atoms with Gasteiger partial charge >= 0.3 is 0 Å². The van der Waals surface area contributed by atoms with Crippen LogP contribution in [0.2, 0.25) is 0 Å². The number of hydrogen-bond acceptors (Lipinski definition) is 5. The Labute approximate surface area is 197 Å². The Morgan fingerprint density at radius 2 is 1.79 bits per heavy atom. The van der Waals surface area contributed by atoms with Crippen molar-refractivity contribution in [3.05, 3.63) is 78.1 Å². The molecule has 2 aromatic carbocycles. The molecule has 0 amide bonds. The number of hydrogen-bond donors (Lipinski definition) is 0. The number of likely N-dealkylation sites (tertiary alicyclic amines) is 1. The highest BCUT2D eigenvalue weighted by atomic mass is 16.5. The van der Waals surface area contributed by atoms with E-state index in [2.05, 4.69) is 68.3 Å². The second-order valence-corrected chi connectivity index (χ2v) is 9.24. The smallest absolute Gasteiger partial charge is 0.123 e. The van der Waals surface area contributed by atoms with Gasteiger partial charge in [-0.25, -0.2) is 0 Å². The van der Waals surface area contributed by atoms with Crippen LogP contribution in [0.1, 0.15) is 24.0 Å². The van der Waals surface area contributed by atoms with Crippen LogP contribution in [0.5, 0.6) is 5.75 Å². The first-order valence-electron chi connectivity index (χ1n) is 12.2. The quantitative estimate of drug-likeness (QED) is 0.554. The van der Waals surface area contributed by atoms with Crippen molar-refractivity contribution in [2.75, 3.05) is 51.3 Å². The van der Waals surface area contributed by atoms with E-state index in [-0.39, 0.29) is 0 Å². The summed E-state index contributed by atoms with van der Waals surface area (Å²) in [6.07, 6.45) is 6.41. The number of piperidine rings is 1. The molecule has 2 aliphatic rings. The summed E-state index contributed by atoms with van der Waals surface area (Å²) >= 11 is 0. The largest absolute Gasteiger partial charge is 0.496 e. The van der Waals surface area contributed by atoms with Gasteiger partial charge in [0.15, 0.2) is 0 Å². The van der Waals surface area contributed by atoms with Crippen LogP contribution in [0.4, 0.5) is 5.69 Å². The maximum atomic E-state index is 5.61. The SMILES string of the molecule is COc1ccc(CN2CCCC(N3CCN(c4ccccc4)CC3)C2)cc1Cn1cccn1.